The van der Waals surface area contributed by atoms with Crippen molar-refractivity contribution in [1.82, 2.24) is 10.2 Å². The highest BCUT2D eigenvalue weighted by Gasteiger charge is 2.36. The van der Waals surface area contributed by atoms with Gasteiger partial charge in [0.05, 0.1) is 0 Å². The summed E-state index contributed by atoms with van der Waals surface area (Å²) in [6.45, 7) is 5.02. The van der Waals surface area contributed by atoms with E-state index in [2.05, 4.69) is 28.3 Å². The third-order valence-electron chi connectivity index (χ3n) is 6.32. The molecule has 0 aromatic heterocycles. The second-order valence-electron chi connectivity index (χ2n) is 8.18. The van der Waals surface area contributed by atoms with E-state index in [0.29, 0.717) is 5.02 Å². The van der Waals surface area contributed by atoms with Crippen LogP contribution in [0.15, 0.2) is 23.2 Å². The maximum absolute atomic E-state index is 6.60. The summed E-state index contributed by atoms with van der Waals surface area (Å²) >= 11 is 12.7. The van der Waals surface area contributed by atoms with E-state index in [-0.39, 0.29) is 29.4 Å². The van der Waals surface area contributed by atoms with Gasteiger partial charge in [-0.05, 0) is 55.7 Å². The van der Waals surface area contributed by atoms with Gasteiger partial charge in [-0.2, -0.15) is 0 Å². The van der Waals surface area contributed by atoms with Crippen molar-refractivity contribution in [1.29, 1.82) is 0 Å². The summed E-state index contributed by atoms with van der Waals surface area (Å²) in [4.78, 5) is 6.75. The van der Waals surface area contributed by atoms with Crippen molar-refractivity contribution in [2.45, 2.75) is 37.5 Å². The minimum Gasteiger partial charge on any atom is -0.381 e. The predicted molar refractivity (Wildman–Crippen MR) is 136 cm³/mol. The monoisotopic (exact) mass is 569 g/mol. The Labute approximate surface area is 207 Å². The van der Waals surface area contributed by atoms with Crippen molar-refractivity contribution in [2.75, 3.05) is 53.6 Å². The largest absolute Gasteiger partial charge is 0.381 e. The van der Waals surface area contributed by atoms with Crippen LogP contribution in [-0.2, 0) is 14.9 Å². The Hall–Kier alpha value is -0.280. The fourth-order valence-corrected chi connectivity index (χ4v) is 4.98. The van der Waals surface area contributed by atoms with Gasteiger partial charge >= 0.3 is 0 Å². The van der Waals surface area contributed by atoms with Crippen LogP contribution in [0.2, 0.25) is 10.0 Å². The second kappa shape index (κ2) is 12.7. The van der Waals surface area contributed by atoms with E-state index in [1.807, 2.05) is 19.2 Å². The van der Waals surface area contributed by atoms with Crippen molar-refractivity contribution >= 4 is 53.1 Å². The predicted octanol–water partition coefficient (Wildman–Crippen LogP) is 4.98. The summed E-state index contributed by atoms with van der Waals surface area (Å²) in [6.07, 6.45) is 5.34. The summed E-state index contributed by atoms with van der Waals surface area (Å²) in [5.41, 5.74) is 1.05. The molecule has 3 rings (SSSR count). The van der Waals surface area contributed by atoms with Crippen LogP contribution < -0.4 is 5.32 Å². The third-order valence-corrected chi connectivity index (χ3v) is 6.87. The number of guanidine groups is 1. The molecule has 2 saturated heterocycles. The van der Waals surface area contributed by atoms with Gasteiger partial charge in [0.25, 0.3) is 0 Å². The van der Waals surface area contributed by atoms with Gasteiger partial charge in [-0.1, -0.05) is 29.3 Å². The summed E-state index contributed by atoms with van der Waals surface area (Å²) in [5.74, 6) is 1.67. The Morgan fingerprint density at radius 3 is 2.47 bits per heavy atom. The average molecular weight is 570 g/mol. The summed E-state index contributed by atoms with van der Waals surface area (Å²) in [7, 11) is 3.96. The lowest BCUT2D eigenvalue weighted by molar-refractivity contribution is 0.0511. The lowest BCUT2D eigenvalue weighted by Crippen LogP contribution is -2.48. The summed E-state index contributed by atoms with van der Waals surface area (Å²) in [5, 5.41) is 5.00. The molecule has 0 aliphatic carbocycles. The topological polar surface area (TPSA) is 46.1 Å². The van der Waals surface area contributed by atoms with Gasteiger partial charge in [0, 0.05) is 69.1 Å². The van der Waals surface area contributed by atoms with Crippen LogP contribution in [0.25, 0.3) is 0 Å². The molecule has 5 nitrogen and oxygen atoms in total. The van der Waals surface area contributed by atoms with Crippen LogP contribution in [0.4, 0.5) is 0 Å². The van der Waals surface area contributed by atoms with Crippen LogP contribution in [0.1, 0.15) is 37.7 Å². The summed E-state index contributed by atoms with van der Waals surface area (Å²) in [6, 6.07) is 5.83. The maximum Gasteiger partial charge on any atom is 0.193 e. The number of nitrogens with zero attached hydrogens (tertiary/aromatic N) is 2. The van der Waals surface area contributed by atoms with Crippen molar-refractivity contribution in [3.63, 3.8) is 0 Å². The molecule has 2 fully saturated rings. The van der Waals surface area contributed by atoms with Crippen molar-refractivity contribution < 1.29 is 9.47 Å². The highest BCUT2D eigenvalue weighted by Crippen LogP contribution is 2.39. The minimum absolute atomic E-state index is 0. The number of halogens is 3. The number of ether oxygens (including phenoxy) is 2. The molecule has 8 heteroatoms. The molecule has 2 heterocycles. The quantitative estimate of drug-likeness (QED) is 0.298. The van der Waals surface area contributed by atoms with Crippen molar-refractivity contribution in [3.05, 3.63) is 33.8 Å². The molecule has 1 aromatic rings. The maximum atomic E-state index is 6.60. The van der Waals surface area contributed by atoms with Gasteiger partial charge < -0.3 is 19.7 Å². The molecule has 0 bridgehead atoms. The highest BCUT2D eigenvalue weighted by molar-refractivity contribution is 14.0. The van der Waals surface area contributed by atoms with Crippen molar-refractivity contribution in [2.24, 2.45) is 10.9 Å². The zero-order valence-electron chi connectivity index (χ0n) is 18.0. The molecule has 0 radical (unpaired) electrons. The van der Waals surface area contributed by atoms with Crippen LogP contribution >= 0.6 is 47.2 Å². The van der Waals surface area contributed by atoms with Gasteiger partial charge in [-0.3, -0.25) is 4.99 Å². The molecular formula is C22H34Cl2IN3O2. The fraction of sp³-hybridized carbons (Fsp3) is 0.682. The first-order valence-corrected chi connectivity index (χ1v) is 11.3. The molecule has 0 atom stereocenters. The van der Waals surface area contributed by atoms with Gasteiger partial charge in [0.2, 0.25) is 0 Å². The van der Waals surface area contributed by atoms with E-state index in [9.17, 15) is 0 Å². The first-order valence-electron chi connectivity index (χ1n) is 10.6. The minimum atomic E-state index is -0.0859. The lowest BCUT2D eigenvalue weighted by Gasteiger charge is -2.39. The molecule has 0 unspecified atom stereocenters. The Morgan fingerprint density at radius 2 is 1.83 bits per heavy atom. The van der Waals surface area contributed by atoms with E-state index >= 15 is 0 Å². The third kappa shape index (κ3) is 6.86. The normalized spacial score (nSPS) is 19.8. The Bertz CT molecular complexity index is 693. The molecule has 30 heavy (non-hydrogen) atoms. The van der Waals surface area contributed by atoms with E-state index in [4.69, 9.17) is 32.7 Å². The molecule has 0 saturated carbocycles. The Morgan fingerprint density at radius 1 is 1.17 bits per heavy atom. The zero-order chi connectivity index (χ0) is 20.7. The van der Waals surface area contributed by atoms with Crippen LogP contribution in [0, 0.1) is 5.92 Å². The summed E-state index contributed by atoms with van der Waals surface area (Å²) < 4.78 is 11.1. The number of rotatable bonds is 6. The Balaban J connectivity index is 0.00000320. The number of nitrogens with one attached hydrogen (secondary N) is 1. The number of aliphatic imine (C=N–C) groups is 1. The second-order valence-corrected chi connectivity index (χ2v) is 9.03. The van der Waals surface area contributed by atoms with Crippen LogP contribution in [0.5, 0.6) is 0 Å². The molecule has 1 N–H and O–H groups in total. The first kappa shape index (κ1) is 26.0. The van der Waals surface area contributed by atoms with E-state index in [1.54, 1.807) is 0 Å². The van der Waals surface area contributed by atoms with E-state index < -0.39 is 0 Å². The van der Waals surface area contributed by atoms with E-state index in [0.717, 1.165) is 87.7 Å². The van der Waals surface area contributed by atoms with E-state index in [1.165, 1.54) is 6.42 Å². The van der Waals surface area contributed by atoms with Crippen molar-refractivity contribution in [3.8, 4) is 0 Å². The lowest BCUT2D eigenvalue weighted by atomic mass is 9.74. The fourth-order valence-electron chi connectivity index (χ4n) is 4.37. The smallest absolute Gasteiger partial charge is 0.193 e. The molecule has 170 valence electrons. The number of benzene rings is 1. The molecule has 0 spiro atoms. The van der Waals surface area contributed by atoms with Gasteiger partial charge in [0.1, 0.15) is 0 Å². The van der Waals surface area contributed by atoms with Crippen LogP contribution in [0.3, 0.4) is 0 Å². The molecule has 1 aromatic carbocycles. The first-order chi connectivity index (χ1) is 14.0. The molecule has 0 amide bonds. The van der Waals surface area contributed by atoms with Crippen LogP contribution in [-0.4, -0.2) is 64.5 Å². The number of hydrogen-bond acceptors (Lipinski definition) is 3. The standard InChI is InChI=1S/C22H33Cl2N3O2.HI/c1-25-21(27(2)10-5-17-6-11-28-12-7-17)26-16-22(8-13-29-14-9-22)19-4-3-18(23)15-20(19)24;/h3-4,15,17H,5-14,16H2,1-2H3,(H,25,26);1H. The van der Waals surface area contributed by atoms with Gasteiger partial charge in [-0.25, -0.2) is 0 Å². The number of hydrogen-bond donors (Lipinski definition) is 1. The average Bonchev–Trinajstić information content (AvgIpc) is 2.74. The van der Waals surface area contributed by atoms with Gasteiger partial charge in [-0.15, -0.1) is 24.0 Å². The van der Waals surface area contributed by atoms with Gasteiger partial charge in [0.15, 0.2) is 5.96 Å². The molecular weight excluding hydrogens is 536 g/mol. The zero-order valence-corrected chi connectivity index (χ0v) is 21.8. The molecule has 2 aliphatic rings. The Kier molecular flexibility index (Phi) is 11.0. The highest BCUT2D eigenvalue weighted by atomic mass is 127. The molecule has 2 aliphatic heterocycles. The SMILES string of the molecule is CN=C(NCC1(c2ccc(Cl)cc2Cl)CCOCC1)N(C)CCC1CCOCC1.I.